The van der Waals surface area contributed by atoms with Gasteiger partial charge in [-0.25, -0.2) is 4.79 Å². The first-order valence-corrected chi connectivity index (χ1v) is 11.3. The number of hydrogen-bond donors (Lipinski definition) is 3. The summed E-state index contributed by atoms with van der Waals surface area (Å²) in [6.07, 6.45) is 5.07. The third kappa shape index (κ3) is 6.89. The summed E-state index contributed by atoms with van der Waals surface area (Å²) in [5, 5.41) is 8.87. The third-order valence-corrected chi connectivity index (χ3v) is 5.78. The van der Waals surface area contributed by atoms with Gasteiger partial charge in [0.1, 0.15) is 0 Å². The number of carbonyl (C=O) groups excluding carboxylic acids is 2. The van der Waals surface area contributed by atoms with E-state index in [1.165, 1.54) is 5.56 Å². The number of likely N-dealkylation sites (tertiary alicyclic amines) is 1. The predicted molar refractivity (Wildman–Crippen MR) is 129 cm³/mol. The zero-order valence-electron chi connectivity index (χ0n) is 18.5. The smallest absolute Gasteiger partial charge is 0.315 e. The van der Waals surface area contributed by atoms with Crippen molar-refractivity contribution in [3.63, 3.8) is 0 Å². The predicted octanol–water partition coefficient (Wildman–Crippen LogP) is 3.80. The monoisotopic (exact) mass is 443 g/mol. The minimum Gasteiger partial charge on any atom is -0.335 e. The van der Waals surface area contributed by atoms with Crippen LogP contribution in [0.2, 0.25) is 0 Å². The van der Waals surface area contributed by atoms with Gasteiger partial charge in [-0.3, -0.25) is 14.7 Å². The molecule has 1 fully saturated rings. The van der Waals surface area contributed by atoms with Gasteiger partial charge in [0, 0.05) is 55.9 Å². The van der Waals surface area contributed by atoms with Crippen LogP contribution in [0.15, 0.2) is 79.1 Å². The molecule has 7 nitrogen and oxygen atoms in total. The summed E-state index contributed by atoms with van der Waals surface area (Å²) in [6, 6.07) is 21.3. The van der Waals surface area contributed by atoms with Gasteiger partial charge >= 0.3 is 6.03 Å². The minimum atomic E-state index is -0.183. The van der Waals surface area contributed by atoms with Gasteiger partial charge in [0.2, 0.25) is 0 Å². The lowest BCUT2D eigenvalue weighted by molar-refractivity contribution is 0.102. The molecule has 2 heterocycles. The number of anilines is 1. The summed E-state index contributed by atoms with van der Waals surface area (Å²) in [5.74, 6) is -0.183. The number of urea groups is 1. The molecule has 2 aromatic carbocycles. The Morgan fingerprint density at radius 1 is 0.879 bits per heavy atom. The van der Waals surface area contributed by atoms with E-state index < -0.39 is 0 Å². The number of piperidine rings is 1. The largest absolute Gasteiger partial charge is 0.335 e. The molecule has 0 bridgehead atoms. The van der Waals surface area contributed by atoms with Crippen molar-refractivity contribution in [2.75, 3.05) is 18.4 Å². The zero-order chi connectivity index (χ0) is 22.9. The molecule has 0 atom stereocenters. The first-order chi connectivity index (χ1) is 16.2. The van der Waals surface area contributed by atoms with Gasteiger partial charge in [-0.2, -0.15) is 0 Å². The third-order valence-electron chi connectivity index (χ3n) is 5.78. The van der Waals surface area contributed by atoms with Crippen molar-refractivity contribution in [1.82, 2.24) is 20.5 Å². The van der Waals surface area contributed by atoms with E-state index >= 15 is 0 Å². The fraction of sp³-hybridized carbons (Fsp3) is 0.269. The molecule has 0 spiro atoms. The van der Waals surface area contributed by atoms with E-state index in [1.807, 2.05) is 30.3 Å². The second-order valence-electron chi connectivity index (χ2n) is 8.25. The lowest BCUT2D eigenvalue weighted by Gasteiger charge is -2.32. The van der Waals surface area contributed by atoms with Crippen molar-refractivity contribution >= 4 is 17.6 Å². The Balaban J connectivity index is 1.16. The van der Waals surface area contributed by atoms with E-state index in [1.54, 1.807) is 24.5 Å². The summed E-state index contributed by atoms with van der Waals surface area (Å²) < 4.78 is 0. The number of pyridine rings is 1. The van der Waals surface area contributed by atoms with Crippen LogP contribution in [0.3, 0.4) is 0 Å². The molecular weight excluding hydrogens is 414 g/mol. The summed E-state index contributed by atoms with van der Waals surface area (Å²) in [6.45, 7) is 3.34. The van der Waals surface area contributed by atoms with Crippen molar-refractivity contribution in [3.8, 4) is 0 Å². The van der Waals surface area contributed by atoms with Crippen LogP contribution in [-0.2, 0) is 13.1 Å². The van der Waals surface area contributed by atoms with Crippen molar-refractivity contribution < 1.29 is 9.59 Å². The molecule has 170 valence electrons. The summed E-state index contributed by atoms with van der Waals surface area (Å²) in [4.78, 5) is 30.9. The normalized spacial score (nSPS) is 14.4. The second-order valence-corrected chi connectivity index (χ2v) is 8.25. The van der Waals surface area contributed by atoms with E-state index in [0.717, 1.165) is 38.0 Å². The van der Waals surface area contributed by atoms with E-state index in [0.29, 0.717) is 17.8 Å². The highest BCUT2D eigenvalue weighted by molar-refractivity contribution is 6.04. The number of benzene rings is 2. The quantitative estimate of drug-likeness (QED) is 0.519. The molecule has 33 heavy (non-hydrogen) atoms. The van der Waals surface area contributed by atoms with E-state index in [-0.39, 0.29) is 18.0 Å². The molecule has 7 heteroatoms. The highest BCUT2D eigenvalue weighted by Crippen LogP contribution is 2.14. The first kappa shape index (κ1) is 22.5. The molecule has 1 aromatic heterocycles. The Hall–Kier alpha value is -3.71. The zero-order valence-corrected chi connectivity index (χ0v) is 18.5. The van der Waals surface area contributed by atoms with Crippen LogP contribution in [0, 0.1) is 0 Å². The van der Waals surface area contributed by atoms with Crippen LogP contribution in [-0.4, -0.2) is 41.0 Å². The van der Waals surface area contributed by atoms with Crippen LogP contribution >= 0.6 is 0 Å². The number of aromatic nitrogens is 1. The molecule has 0 radical (unpaired) electrons. The minimum absolute atomic E-state index is 0.147. The topological polar surface area (TPSA) is 86.4 Å². The maximum absolute atomic E-state index is 12.3. The van der Waals surface area contributed by atoms with Crippen LogP contribution in [0.5, 0.6) is 0 Å². The maximum Gasteiger partial charge on any atom is 0.315 e. The standard InChI is InChI=1S/C26H29N5O2/c32-25(22-10-14-27-15-11-22)29-23-8-6-20(7-9-23)18-28-26(33)30-24-12-16-31(17-13-24)19-21-4-2-1-3-5-21/h1-11,14-15,24H,12-13,16-19H2,(H,29,32)(H2,28,30,33). The van der Waals surface area contributed by atoms with Gasteiger partial charge in [-0.1, -0.05) is 42.5 Å². The van der Waals surface area contributed by atoms with E-state index in [2.05, 4.69) is 50.1 Å². The fourth-order valence-electron chi connectivity index (χ4n) is 3.91. The van der Waals surface area contributed by atoms with Crippen molar-refractivity contribution in [1.29, 1.82) is 0 Å². The van der Waals surface area contributed by atoms with E-state index in [9.17, 15) is 9.59 Å². The number of nitrogens with zero attached hydrogens (tertiary/aromatic N) is 2. The lowest BCUT2D eigenvalue weighted by atomic mass is 10.0. The molecule has 0 unspecified atom stereocenters. The number of hydrogen-bond acceptors (Lipinski definition) is 4. The summed E-state index contributed by atoms with van der Waals surface area (Å²) >= 11 is 0. The Morgan fingerprint density at radius 3 is 2.27 bits per heavy atom. The average molecular weight is 444 g/mol. The van der Waals surface area contributed by atoms with Gasteiger partial charge in [0.05, 0.1) is 0 Å². The average Bonchev–Trinajstić information content (AvgIpc) is 2.86. The summed E-state index contributed by atoms with van der Waals surface area (Å²) in [7, 11) is 0. The van der Waals surface area contributed by atoms with Crippen molar-refractivity contribution in [2.45, 2.75) is 32.0 Å². The molecular formula is C26H29N5O2. The Morgan fingerprint density at radius 2 is 1.58 bits per heavy atom. The van der Waals surface area contributed by atoms with Gasteiger partial charge in [0.25, 0.3) is 5.91 Å². The molecule has 1 aliphatic heterocycles. The molecule has 0 saturated carbocycles. The van der Waals surface area contributed by atoms with Crippen molar-refractivity contribution in [2.24, 2.45) is 0 Å². The highest BCUT2D eigenvalue weighted by atomic mass is 16.2. The van der Waals surface area contributed by atoms with Crippen LogP contribution < -0.4 is 16.0 Å². The SMILES string of the molecule is O=C(NCc1ccc(NC(=O)c2ccncc2)cc1)NC1CCN(Cc2ccccc2)CC1. The van der Waals surface area contributed by atoms with Gasteiger partial charge in [-0.15, -0.1) is 0 Å². The fourth-order valence-corrected chi connectivity index (χ4v) is 3.91. The second kappa shape index (κ2) is 11.2. The first-order valence-electron chi connectivity index (χ1n) is 11.3. The summed E-state index contributed by atoms with van der Waals surface area (Å²) in [5.41, 5.74) is 3.54. The number of nitrogens with one attached hydrogen (secondary N) is 3. The van der Waals surface area contributed by atoms with Gasteiger partial charge in [-0.05, 0) is 48.2 Å². The molecule has 0 aliphatic carbocycles. The molecule has 3 aromatic rings. The molecule has 1 aliphatic rings. The maximum atomic E-state index is 12.3. The number of amides is 3. The van der Waals surface area contributed by atoms with Gasteiger partial charge < -0.3 is 16.0 Å². The Bertz CT molecular complexity index is 1030. The molecule has 3 N–H and O–H groups in total. The molecule has 1 saturated heterocycles. The highest BCUT2D eigenvalue weighted by Gasteiger charge is 2.20. The number of carbonyl (C=O) groups is 2. The van der Waals surface area contributed by atoms with Crippen molar-refractivity contribution in [3.05, 3.63) is 95.8 Å². The molecule has 3 amide bonds. The molecule has 4 rings (SSSR count). The van der Waals surface area contributed by atoms with E-state index in [4.69, 9.17) is 0 Å². The Labute approximate surface area is 194 Å². The Kier molecular flexibility index (Phi) is 7.66. The number of rotatable bonds is 7. The van der Waals surface area contributed by atoms with Gasteiger partial charge in [0.15, 0.2) is 0 Å². The van der Waals surface area contributed by atoms with Crippen LogP contribution in [0.1, 0.15) is 34.3 Å². The van der Waals surface area contributed by atoms with Crippen LogP contribution in [0.25, 0.3) is 0 Å². The van der Waals surface area contributed by atoms with Crippen LogP contribution in [0.4, 0.5) is 10.5 Å². The lowest BCUT2D eigenvalue weighted by Crippen LogP contribution is -2.47.